The number of hydrogen-bond donors (Lipinski definition) is 1. The van der Waals surface area contributed by atoms with Gasteiger partial charge in [0.15, 0.2) is 0 Å². The number of aryl methyl sites for hydroxylation is 1. The van der Waals surface area contributed by atoms with Gasteiger partial charge in [-0.1, -0.05) is 12.1 Å². The molecule has 0 aliphatic heterocycles. The molecule has 5 heteroatoms. The summed E-state index contributed by atoms with van der Waals surface area (Å²) < 4.78 is 40.4. The zero-order valence-corrected chi connectivity index (χ0v) is 10.5. The quantitative estimate of drug-likeness (QED) is 0.881. The molecule has 1 N–H and O–H groups in total. The van der Waals surface area contributed by atoms with Crippen molar-refractivity contribution in [3.8, 4) is 0 Å². The van der Waals surface area contributed by atoms with Gasteiger partial charge < -0.3 is 9.88 Å². The zero-order valence-electron chi connectivity index (χ0n) is 10.5. The van der Waals surface area contributed by atoms with E-state index in [4.69, 9.17) is 0 Å². The average molecular weight is 268 g/mol. The Morgan fingerprint density at radius 1 is 1.11 bits per heavy atom. The molecule has 0 amide bonds. The minimum atomic E-state index is -4.34. The molecule has 0 aliphatic carbocycles. The lowest BCUT2D eigenvalue weighted by Gasteiger charge is -2.15. The van der Waals surface area contributed by atoms with E-state index in [1.165, 1.54) is 12.1 Å². The van der Waals surface area contributed by atoms with E-state index in [0.29, 0.717) is 6.54 Å². The number of benzene rings is 1. The second-order valence-electron chi connectivity index (χ2n) is 4.18. The van der Waals surface area contributed by atoms with Gasteiger partial charge in [0.2, 0.25) is 0 Å². The monoisotopic (exact) mass is 268 g/mol. The first kappa shape index (κ1) is 13.5. The zero-order chi connectivity index (χ0) is 13.9. The Balaban J connectivity index is 2.16. The molecule has 102 valence electrons. The van der Waals surface area contributed by atoms with Crippen LogP contribution in [0.4, 0.5) is 18.9 Å². The van der Waals surface area contributed by atoms with Crippen molar-refractivity contribution >= 4 is 5.69 Å². The van der Waals surface area contributed by atoms with Crippen molar-refractivity contribution in [3.05, 3.63) is 53.9 Å². The summed E-state index contributed by atoms with van der Waals surface area (Å²) in [7, 11) is 0. The fourth-order valence-electron chi connectivity index (χ4n) is 1.99. The van der Waals surface area contributed by atoms with E-state index in [9.17, 15) is 13.2 Å². The number of halogens is 3. The number of para-hydroxylation sites is 1. The van der Waals surface area contributed by atoms with Gasteiger partial charge in [0.05, 0.1) is 12.1 Å². The molecule has 19 heavy (non-hydrogen) atoms. The largest absolute Gasteiger partial charge is 0.418 e. The van der Waals surface area contributed by atoms with Crippen LogP contribution in [-0.4, -0.2) is 4.57 Å². The normalized spacial score (nSPS) is 11.6. The minimum Gasteiger partial charge on any atom is -0.379 e. The third-order valence-electron chi connectivity index (χ3n) is 2.96. The summed E-state index contributed by atoms with van der Waals surface area (Å²) in [5.74, 6) is 0. The second kappa shape index (κ2) is 5.38. The lowest BCUT2D eigenvalue weighted by atomic mass is 10.1. The third-order valence-corrected chi connectivity index (χ3v) is 2.96. The molecule has 0 spiro atoms. The predicted octanol–water partition coefficient (Wildman–Crippen LogP) is 4.14. The van der Waals surface area contributed by atoms with Gasteiger partial charge in [-0.15, -0.1) is 0 Å². The summed E-state index contributed by atoms with van der Waals surface area (Å²) in [6.07, 6.45) is -2.43. The molecule has 1 heterocycles. The molecule has 2 rings (SSSR count). The molecule has 0 fully saturated rings. The van der Waals surface area contributed by atoms with E-state index < -0.39 is 11.7 Å². The molecule has 1 aromatic carbocycles. The molecule has 0 aliphatic rings. The van der Waals surface area contributed by atoms with Gasteiger partial charge in [0.25, 0.3) is 0 Å². The Kier molecular flexibility index (Phi) is 3.83. The van der Waals surface area contributed by atoms with E-state index in [1.54, 1.807) is 6.07 Å². The van der Waals surface area contributed by atoms with Crippen molar-refractivity contribution < 1.29 is 13.2 Å². The number of rotatable bonds is 4. The van der Waals surface area contributed by atoms with Crippen molar-refractivity contribution in [2.75, 3.05) is 5.32 Å². The van der Waals surface area contributed by atoms with Crippen LogP contribution in [0.25, 0.3) is 0 Å². The fourth-order valence-corrected chi connectivity index (χ4v) is 1.99. The van der Waals surface area contributed by atoms with E-state index in [0.717, 1.165) is 18.3 Å². The highest BCUT2D eigenvalue weighted by atomic mass is 19.4. The molecule has 0 radical (unpaired) electrons. The van der Waals surface area contributed by atoms with Crippen LogP contribution >= 0.6 is 0 Å². The van der Waals surface area contributed by atoms with Gasteiger partial charge in [-0.3, -0.25) is 0 Å². The highest BCUT2D eigenvalue weighted by molar-refractivity contribution is 5.52. The molecular formula is C14H15F3N2. The molecule has 1 aromatic heterocycles. The van der Waals surface area contributed by atoms with Crippen LogP contribution in [0.3, 0.4) is 0 Å². The lowest BCUT2D eigenvalue weighted by molar-refractivity contribution is -0.136. The number of nitrogens with one attached hydrogen (secondary N) is 1. The van der Waals surface area contributed by atoms with Crippen LogP contribution in [0.15, 0.2) is 42.6 Å². The number of anilines is 1. The van der Waals surface area contributed by atoms with Crippen LogP contribution in [0, 0.1) is 0 Å². The van der Waals surface area contributed by atoms with Gasteiger partial charge in [0.1, 0.15) is 0 Å². The van der Waals surface area contributed by atoms with Crippen molar-refractivity contribution in [3.63, 3.8) is 0 Å². The van der Waals surface area contributed by atoms with Crippen molar-refractivity contribution in [2.45, 2.75) is 26.2 Å². The summed E-state index contributed by atoms with van der Waals surface area (Å²) in [6, 6.07) is 9.30. The SMILES string of the molecule is CCn1cccc1CNc1ccccc1C(F)(F)F. The Labute approximate surface area is 109 Å². The summed E-state index contributed by atoms with van der Waals surface area (Å²) in [4.78, 5) is 0. The molecule has 0 saturated carbocycles. The highest BCUT2D eigenvalue weighted by Gasteiger charge is 2.33. The van der Waals surface area contributed by atoms with Crippen molar-refractivity contribution in [1.29, 1.82) is 0 Å². The minimum absolute atomic E-state index is 0.110. The molecule has 2 nitrogen and oxygen atoms in total. The Morgan fingerprint density at radius 3 is 2.53 bits per heavy atom. The van der Waals surface area contributed by atoms with Crippen LogP contribution in [0.2, 0.25) is 0 Å². The first-order chi connectivity index (χ1) is 9.02. The maximum atomic E-state index is 12.8. The maximum absolute atomic E-state index is 12.8. The van der Waals surface area contributed by atoms with E-state index in [-0.39, 0.29) is 5.69 Å². The molecule has 0 saturated heterocycles. The smallest absolute Gasteiger partial charge is 0.379 e. The lowest BCUT2D eigenvalue weighted by Crippen LogP contribution is -2.12. The highest BCUT2D eigenvalue weighted by Crippen LogP contribution is 2.34. The van der Waals surface area contributed by atoms with Gasteiger partial charge in [-0.25, -0.2) is 0 Å². The summed E-state index contributed by atoms with van der Waals surface area (Å²) in [5, 5.41) is 2.86. The standard InChI is InChI=1S/C14H15F3N2/c1-2-19-9-5-6-11(19)10-18-13-8-4-3-7-12(13)14(15,16)17/h3-9,18H,2,10H2,1H3. The first-order valence-electron chi connectivity index (χ1n) is 6.06. The van der Waals surface area contributed by atoms with Gasteiger partial charge in [0, 0.05) is 24.1 Å². The van der Waals surface area contributed by atoms with E-state index in [1.807, 2.05) is 29.8 Å². The Morgan fingerprint density at radius 2 is 1.84 bits per heavy atom. The molecule has 0 unspecified atom stereocenters. The van der Waals surface area contributed by atoms with Crippen LogP contribution in [-0.2, 0) is 19.3 Å². The topological polar surface area (TPSA) is 17.0 Å². The number of aromatic nitrogens is 1. The van der Waals surface area contributed by atoms with Crippen molar-refractivity contribution in [2.24, 2.45) is 0 Å². The van der Waals surface area contributed by atoms with E-state index in [2.05, 4.69) is 5.32 Å². The Hall–Kier alpha value is -1.91. The fraction of sp³-hybridized carbons (Fsp3) is 0.286. The molecule has 2 aromatic rings. The maximum Gasteiger partial charge on any atom is 0.418 e. The third kappa shape index (κ3) is 3.10. The van der Waals surface area contributed by atoms with Gasteiger partial charge in [-0.05, 0) is 31.2 Å². The molecule has 0 atom stereocenters. The average Bonchev–Trinajstić information content (AvgIpc) is 2.83. The van der Waals surface area contributed by atoms with E-state index >= 15 is 0 Å². The summed E-state index contributed by atoms with van der Waals surface area (Å²) in [6.45, 7) is 3.16. The number of nitrogens with zero attached hydrogens (tertiary/aromatic N) is 1. The van der Waals surface area contributed by atoms with Crippen LogP contribution < -0.4 is 5.32 Å². The molecule has 0 bridgehead atoms. The summed E-state index contributed by atoms with van der Waals surface area (Å²) in [5.41, 5.74) is 0.433. The number of hydrogen-bond acceptors (Lipinski definition) is 1. The van der Waals surface area contributed by atoms with Crippen molar-refractivity contribution in [1.82, 2.24) is 4.57 Å². The van der Waals surface area contributed by atoms with Crippen LogP contribution in [0.1, 0.15) is 18.2 Å². The van der Waals surface area contributed by atoms with Gasteiger partial charge in [-0.2, -0.15) is 13.2 Å². The number of alkyl halides is 3. The second-order valence-corrected chi connectivity index (χ2v) is 4.18. The predicted molar refractivity (Wildman–Crippen MR) is 68.9 cm³/mol. The first-order valence-corrected chi connectivity index (χ1v) is 6.06. The Bertz CT molecular complexity index is 544. The summed E-state index contributed by atoms with van der Waals surface area (Å²) >= 11 is 0. The van der Waals surface area contributed by atoms with Gasteiger partial charge >= 0.3 is 6.18 Å². The van der Waals surface area contributed by atoms with Crippen LogP contribution in [0.5, 0.6) is 0 Å². The molecular weight excluding hydrogens is 253 g/mol.